The van der Waals surface area contributed by atoms with Gasteiger partial charge in [-0.1, -0.05) is 30.3 Å². The number of piperidine rings is 1. The first kappa shape index (κ1) is 22.8. The third-order valence-electron chi connectivity index (χ3n) is 6.20. The number of nitrogens with zero attached hydrogens (tertiary/aromatic N) is 2. The highest BCUT2D eigenvalue weighted by Gasteiger charge is 2.31. The zero-order valence-electron chi connectivity index (χ0n) is 18.5. The van der Waals surface area contributed by atoms with Crippen molar-refractivity contribution >= 4 is 15.9 Å². The molecule has 0 saturated carbocycles. The van der Waals surface area contributed by atoms with Gasteiger partial charge < -0.3 is 10.1 Å². The van der Waals surface area contributed by atoms with Gasteiger partial charge in [-0.05, 0) is 56.0 Å². The smallest absolute Gasteiger partial charge is 0.251 e. The molecule has 8 heteroatoms. The van der Waals surface area contributed by atoms with Crippen LogP contribution in [0, 0.1) is 0 Å². The molecule has 2 aromatic rings. The average molecular weight is 458 g/mol. The van der Waals surface area contributed by atoms with Gasteiger partial charge in [0.15, 0.2) is 0 Å². The molecule has 32 heavy (non-hydrogen) atoms. The highest BCUT2D eigenvalue weighted by atomic mass is 32.2. The molecule has 1 unspecified atom stereocenters. The Balaban J connectivity index is 1.46. The number of carbonyl (C=O) groups is 1. The number of hydrogen-bond donors (Lipinski definition) is 1. The summed E-state index contributed by atoms with van der Waals surface area (Å²) >= 11 is 0. The number of ether oxygens (including phenoxy) is 1. The van der Waals surface area contributed by atoms with Gasteiger partial charge in [0.1, 0.15) is 10.6 Å². The predicted molar refractivity (Wildman–Crippen MR) is 123 cm³/mol. The summed E-state index contributed by atoms with van der Waals surface area (Å²) in [6.07, 6.45) is 3.62. The van der Waals surface area contributed by atoms with Crippen molar-refractivity contribution in [3.05, 3.63) is 59.7 Å². The van der Waals surface area contributed by atoms with E-state index in [1.54, 1.807) is 12.1 Å². The number of rotatable bonds is 7. The molecule has 0 aromatic heterocycles. The van der Waals surface area contributed by atoms with E-state index in [2.05, 4.69) is 22.3 Å². The molecule has 1 amide bonds. The van der Waals surface area contributed by atoms with Crippen LogP contribution in [0.2, 0.25) is 0 Å². The quantitative estimate of drug-likeness (QED) is 0.692. The average Bonchev–Trinajstić information content (AvgIpc) is 3.35. The molecule has 4 rings (SSSR count). The van der Waals surface area contributed by atoms with Crippen LogP contribution in [-0.2, 0) is 16.6 Å². The molecule has 2 aromatic carbocycles. The maximum atomic E-state index is 13.1. The number of hydrogen-bond acceptors (Lipinski definition) is 5. The summed E-state index contributed by atoms with van der Waals surface area (Å²) in [5.74, 6) is 0.0113. The van der Waals surface area contributed by atoms with Gasteiger partial charge in [0.2, 0.25) is 10.0 Å². The third-order valence-corrected chi connectivity index (χ3v) is 8.12. The zero-order valence-corrected chi connectivity index (χ0v) is 19.3. The van der Waals surface area contributed by atoms with Gasteiger partial charge in [-0.15, -0.1) is 0 Å². The minimum absolute atomic E-state index is 0.0284. The molecule has 2 fully saturated rings. The van der Waals surface area contributed by atoms with Crippen LogP contribution in [0.5, 0.6) is 5.75 Å². The molecular formula is C24H31N3O4S. The summed E-state index contributed by atoms with van der Waals surface area (Å²) in [6, 6.07) is 15.0. The molecule has 7 nitrogen and oxygen atoms in total. The minimum Gasteiger partial charge on any atom is -0.495 e. The van der Waals surface area contributed by atoms with Crippen LogP contribution in [0.4, 0.5) is 0 Å². The maximum Gasteiger partial charge on any atom is 0.251 e. The molecule has 1 N–H and O–H groups in total. The number of benzene rings is 2. The Morgan fingerprint density at radius 2 is 1.81 bits per heavy atom. The fourth-order valence-corrected chi connectivity index (χ4v) is 6.21. The summed E-state index contributed by atoms with van der Waals surface area (Å²) in [7, 11) is -2.25. The van der Waals surface area contributed by atoms with Gasteiger partial charge in [0.05, 0.1) is 7.11 Å². The van der Waals surface area contributed by atoms with E-state index in [4.69, 9.17) is 4.74 Å². The lowest BCUT2D eigenvalue weighted by Gasteiger charge is -2.33. The second-order valence-electron chi connectivity index (χ2n) is 8.51. The van der Waals surface area contributed by atoms with Crippen LogP contribution in [0.3, 0.4) is 0 Å². The second-order valence-corrected chi connectivity index (χ2v) is 10.4. The van der Waals surface area contributed by atoms with Crippen LogP contribution in [-0.4, -0.2) is 62.9 Å². The van der Waals surface area contributed by atoms with Gasteiger partial charge in [0.25, 0.3) is 5.91 Å². The van der Waals surface area contributed by atoms with E-state index in [9.17, 15) is 13.2 Å². The lowest BCUT2D eigenvalue weighted by atomic mass is 10.0. The molecule has 2 heterocycles. The lowest BCUT2D eigenvalue weighted by molar-refractivity contribution is 0.0900. The van der Waals surface area contributed by atoms with Gasteiger partial charge in [0, 0.05) is 37.8 Å². The Kier molecular flexibility index (Phi) is 7.13. The molecule has 0 aliphatic carbocycles. The number of nitrogens with one attached hydrogen (secondary N) is 1. The lowest BCUT2D eigenvalue weighted by Crippen LogP contribution is -2.47. The van der Waals surface area contributed by atoms with Crippen molar-refractivity contribution in [2.75, 3.05) is 33.3 Å². The Bertz CT molecular complexity index is 1040. The third kappa shape index (κ3) is 5.14. The molecule has 0 bridgehead atoms. The van der Waals surface area contributed by atoms with Crippen molar-refractivity contribution in [2.45, 2.75) is 43.2 Å². The normalized spacial score (nSPS) is 20.2. The molecule has 0 spiro atoms. The van der Waals surface area contributed by atoms with Gasteiger partial charge in [-0.25, -0.2) is 8.42 Å². The highest BCUT2D eigenvalue weighted by Crippen LogP contribution is 2.30. The van der Waals surface area contributed by atoms with Crippen molar-refractivity contribution in [3.8, 4) is 5.75 Å². The fourth-order valence-electron chi connectivity index (χ4n) is 4.51. The van der Waals surface area contributed by atoms with E-state index in [0.717, 1.165) is 45.3 Å². The largest absolute Gasteiger partial charge is 0.495 e. The van der Waals surface area contributed by atoms with E-state index in [-0.39, 0.29) is 22.6 Å². The first-order chi connectivity index (χ1) is 15.5. The Hall–Kier alpha value is -2.42. The molecule has 0 radical (unpaired) electrons. The highest BCUT2D eigenvalue weighted by molar-refractivity contribution is 7.89. The first-order valence-corrected chi connectivity index (χ1v) is 12.7. The number of likely N-dealkylation sites (tertiary alicyclic amines) is 1. The van der Waals surface area contributed by atoms with E-state index in [1.165, 1.54) is 23.0 Å². The summed E-state index contributed by atoms with van der Waals surface area (Å²) in [5, 5.41) is 3.11. The Labute approximate surface area is 190 Å². The van der Waals surface area contributed by atoms with E-state index < -0.39 is 10.0 Å². The zero-order chi connectivity index (χ0) is 22.6. The topological polar surface area (TPSA) is 79.0 Å². The van der Waals surface area contributed by atoms with Crippen molar-refractivity contribution < 1.29 is 17.9 Å². The number of amides is 1. The van der Waals surface area contributed by atoms with E-state index in [1.807, 2.05) is 18.2 Å². The van der Waals surface area contributed by atoms with Crippen LogP contribution in [0.25, 0.3) is 0 Å². The fraction of sp³-hybridized carbons (Fsp3) is 0.458. The Morgan fingerprint density at radius 1 is 1.06 bits per heavy atom. The van der Waals surface area contributed by atoms with E-state index >= 15 is 0 Å². The van der Waals surface area contributed by atoms with Crippen molar-refractivity contribution in [2.24, 2.45) is 0 Å². The summed E-state index contributed by atoms with van der Waals surface area (Å²) in [4.78, 5) is 15.4. The van der Waals surface area contributed by atoms with Crippen LogP contribution in [0.15, 0.2) is 53.4 Å². The van der Waals surface area contributed by atoms with Crippen LogP contribution in [0.1, 0.15) is 41.6 Å². The summed E-state index contributed by atoms with van der Waals surface area (Å²) < 4.78 is 33.0. The standard InChI is InChI=1S/C24H31N3O4S/c1-31-22-12-11-20(16-23(22)32(29,30)27-14-5-6-15-27)24(28)25-21-10-7-13-26(18-21)17-19-8-3-2-4-9-19/h2-4,8-9,11-12,16,21H,5-7,10,13-15,17-18H2,1H3,(H,25,28). The van der Waals surface area contributed by atoms with Gasteiger partial charge in [-0.2, -0.15) is 4.31 Å². The SMILES string of the molecule is COc1ccc(C(=O)NC2CCCN(Cc3ccccc3)C2)cc1S(=O)(=O)N1CCCC1. The summed E-state index contributed by atoms with van der Waals surface area (Å²) in [5.41, 5.74) is 1.59. The predicted octanol–water partition coefficient (Wildman–Crippen LogP) is 2.87. The van der Waals surface area contributed by atoms with E-state index in [0.29, 0.717) is 18.7 Å². The number of carbonyl (C=O) groups excluding carboxylic acids is 1. The van der Waals surface area contributed by atoms with Gasteiger partial charge >= 0.3 is 0 Å². The monoisotopic (exact) mass is 457 g/mol. The maximum absolute atomic E-state index is 13.1. The van der Waals surface area contributed by atoms with Crippen molar-refractivity contribution in [1.29, 1.82) is 0 Å². The minimum atomic E-state index is -3.69. The molecule has 2 aliphatic heterocycles. The molecular weight excluding hydrogens is 426 g/mol. The first-order valence-electron chi connectivity index (χ1n) is 11.2. The number of methoxy groups -OCH3 is 1. The second kappa shape index (κ2) is 10.0. The summed E-state index contributed by atoms with van der Waals surface area (Å²) in [6.45, 7) is 3.63. The Morgan fingerprint density at radius 3 is 2.53 bits per heavy atom. The van der Waals surface area contributed by atoms with Gasteiger partial charge in [-0.3, -0.25) is 9.69 Å². The van der Waals surface area contributed by atoms with Crippen molar-refractivity contribution in [3.63, 3.8) is 0 Å². The van der Waals surface area contributed by atoms with Crippen LogP contribution >= 0.6 is 0 Å². The molecule has 1 atom stereocenters. The van der Waals surface area contributed by atoms with Crippen molar-refractivity contribution in [1.82, 2.24) is 14.5 Å². The molecule has 2 saturated heterocycles. The molecule has 2 aliphatic rings. The molecule has 172 valence electrons. The van der Waals surface area contributed by atoms with Crippen LogP contribution < -0.4 is 10.1 Å². The number of sulfonamides is 1.